The van der Waals surface area contributed by atoms with Gasteiger partial charge in [-0.3, -0.25) is 4.98 Å². The molecule has 3 aromatic rings. The lowest BCUT2D eigenvalue weighted by Crippen LogP contribution is -2.02. The van der Waals surface area contributed by atoms with E-state index < -0.39 is 0 Å². The highest BCUT2D eigenvalue weighted by atomic mass is 15.1. The summed E-state index contributed by atoms with van der Waals surface area (Å²) >= 11 is 0. The van der Waals surface area contributed by atoms with E-state index in [1.807, 2.05) is 13.1 Å². The fraction of sp³-hybridized carbons (Fsp3) is 0.333. The molecule has 0 radical (unpaired) electrons. The molecule has 0 saturated heterocycles. The SMILES string of the molecule is CC(C)Cc1nc2cnc(-c3ncccn3)cc2n1C. The molecule has 0 bridgehead atoms. The van der Waals surface area contributed by atoms with Crippen LogP contribution in [0.5, 0.6) is 0 Å². The molecule has 0 N–H and O–H groups in total. The second-order valence-electron chi connectivity index (χ2n) is 5.32. The van der Waals surface area contributed by atoms with Gasteiger partial charge in [-0.05, 0) is 18.1 Å². The Morgan fingerprint density at radius 3 is 2.60 bits per heavy atom. The molecule has 3 aromatic heterocycles. The van der Waals surface area contributed by atoms with E-state index in [9.17, 15) is 0 Å². The molecule has 5 heteroatoms. The maximum Gasteiger partial charge on any atom is 0.178 e. The number of aromatic nitrogens is 5. The lowest BCUT2D eigenvalue weighted by atomic mass is 10.1. The molecule has 0 aliphatic rings. The molecule has 0 spiro atoms. The number of fused-ring (bicyclic) bond motifs is 1. The monoisotopic (exact) mass is 267 g/mol. The maximum absolute atomic E-state index is 4.65. The quantitative estimate of drug-likeness (QED) is 0.732. The van der Waals surface area contributed by atoms with Gasteiger partial charge in [0.05, 0.1) is 11.7 Å². The predicted molar refractivity (Wildman–Crippen MR) is 78.1 cm³/mol. The second-order valence-corrected chi connectivity index (χ2v) is 5.32. The highest BCUT2D eigenvalue weighted by Gasteiger charge is 2.11. The van der Waals surface area contributed by atoms with Gasteiger partial charge in [0.1, 0.15) is 17.0 Å². The van der Waals surface area contributed by atoms with Gasteiger partial charge in [-0.15, -0.1) is 0 Å². The molecule has 0 unspecified atom stereocenters. The molecule has 3 heterocycles. The molecular formula is C15H17N5. The van der Waals surface area contributed by atoms with E-state index in [0.29, 0.717) is 11.7 Å². The first kappa shape index (κ1) is 12.7. The first-order chi connectivity index (χ1) is 9.65. The first-order valence-corrected chi connectivity index (χ1v) is 6.74. The van der Waals surface area contributed by atoms with Gasteiger partial charge in [0.15, 0.2) is 5.82 Å². The molecule has 3 rings (SSSR count). The lowest BCUT2D eigenvalue weighted by Gasteiger charge is -2.05. The molecule has 102 valence electrons. The lowest BCUT2D eigenvalue weighted by molar-refractivity contribution is 0.606. The summed E-state index contributed by atoms with van der Waals surface area (Å²) in [6.45, 7) is 4.39. The van der Waals surface area contributed by atoms with Crippen LogP contribution in [-0.4, -0.2) is 24.5 Å². The topological polar surface area (TPSA) is 56.5 Å². The van der Waals surface area contributed by atoms with Crippen molar-refractivity contribution >= 4 is 11.0 Å². The number of imidazole rings is 1. The van der Waals surface area contributed by atoms with Crippen molar-refractivity contribution in [3.63, 3.8) is 0 Å². The van der Waals surface area contributed by atoms with Gasteiger partial charge in [0.2, 0.25) is 0 Å². The Balaban J connectivity index is 2.09. The molecule has 0 aromatic carbocycles. The Bertz CT molecular complexity index is 731. The summed E-state index contributed by atoms with van der Waals surface area (Å²) < 4.78 is 2.13. The van der Waals surface area contributed by atoms with E-state index in [4.69, 9.17) is 0 Å². The minimum atomic E-state index is 0.579. The Kier molecular flexibility index (Phi) is 3.18. The Labute approximate surface area is 117 Å². The normalized spacial score (nSPS) is 11.4. The summed E-state index contributed by atoms with van der Waals surface area (Å²) in [6, 6.07) is 3.80. The van der Waals surface area contributed by atoms with Crippen molar-refractivity contribution in [1.29, 1.82) is 0 Å². The third kappa shape index (κ3) is 2.27. The summed E-state index contributed by atoms with van der Waals surface area (Å²) in [6.07, 6.45) is 6.20. The van der Waals surface area contributed by atoms with Crippen LogP contribution in [0.15, 0.2) is 30.7 Å². The molecule has 0 aliphatic heterocycles. The van der Waals surface area contributed by atoms with Crippen molar-refractivity contribution < 1.29 is 0 Å². The zero-order valence-electron chi connectivity index (χ0n) is 11.9. The van der Waals surface area contributed by atoms with E-state index in [0.717, 1.165) is 29.0 Å². The molecule has 0 fully saturated rings. The predicted octanol–water partition coefficient (Wildman–Crippen LogP) is 2.62. The van der Waals surface area contributed by atoms with Crippen LogP contribution in [-0.2, 0) is 13.5 Å². The van der Waals surface area contributed by atoms with E-state index in [1.165, 1.54) is 0 Å². The number of hydrogen-bond donors (Lipinski definition) is 0. The first-order valence-electron chi connectivity index (χ1n) is 6.74. The van der Waals surface area contributed by atoms with Crippen LogP contribution >= 0.6 is 0 Å². The molecule has 0 atom stereocenters. The Morgan fingerprint density at radius 2 is 1.90 bits per heavy atom. The molecule has 20 heavy (non-hydrogen) atoms. The summed E-state index contributed by atoms with van der Waals surface area (Å²) in [5.74, 6) is 2.30. The molecule has 0 aliphatic carbocycles. The van der Waals surface area contributed by atoms with Crippen molar-refractivity contribution in [2.75, 3.05) is 0 Å². The zero-order chi connectivity index (χ0) is 14.1. The smallest absolute Gasteiger partial charge is 0.178 e. The third-order valence-corrected chi connectivity index (χ3v) is 3.25. The molecule has 5 nitrogen and oxygen atoms in total. The van der Waals surface area contributed by atoms with Gasteiger partial charge in [-0.2, -0.15) is 0 Å². The van der Waals surface area contributed by atoms with Crippen LogP contribution in [0.3, 0.4) is 0 Å². The van der Waals surface area contributed by atoms with E-state index >= 15 is 0 Å². The summed E-state index contributed by atoms with van der Waals surface area (Å²) in [7, 11) is 2.04. The molecule has 0 saturated carbocycles. The van der Waals surface area contributed by atoms with Crippen molar-refractivity contribution in [3.05, 3.63) is 36.5 Å². The summed E-state index contributed by atoms with van der Waals surface area (Å²) in [5, 5.41) is 0. The number of pyridine rings is 1. The van der Waals surface area contributed by atoms with Crippen molar-refractivity contribution in [1.82, 2.24) is 24.5 Å². The standard InChI is InChI=1S/C15H17N5/c1-10(2)7-14-19-12-9-18-11(8-13(12)20(14)3)15-16-5-4-6-17-15/h4-6,8-10H,7H2,1-3H3. The van der Waals surface area contributed by atoms with E-state index in [2.05, 4.69) is 38.4 Å². The Morgan fingerprint density at radius 1 is 1.15 bits per heavy atom. The number of hydrogen-bond acceptors (Lipinski definition) is 4. The van der Waals surface area contributed by atoms with Gasteiger partial charge in [-0.1, -0.05) is 13.8 Å². The average molecular weight is 267 g/mol. The molecule has 0 amide bonds. The van der Waals surface area contributed by atoms with Crippen molar-refractivity contribution in [2.45, 2.75) is 20.3 Å². The minimum absolute atomic E-state index is 0.579. The maximum atomic E-state index is 4.65. The van der Waals surface area contributed by atoms with Gasteiger partial charge < -0.3 is 4.57 Å². The van der Waals surface area contributed by atoms with E-state index in [1.54, 1.807) is 24.7 Å². The second kappa shape index (κ2) is 5.00. The zero-order valence-corrected chi connectivity index (χ0v) is 11.9. The van der Waals surface area contributed by atoms with Crippen molar-refractivity contribution in [3.8, 4) is 11.5 Å². The number of rotatable bonds is 3. The summed E-state index contributed by atoms with van der Waals surface area (Å²) in [4.78, 5) is 17.5. The largest absolute Gasteiger partial charge is 0.331 e. The highest BCUT2D eigenvalue weighted by molar-refractivity contribution is 5.78. The van der Waals surface area contributed by atoms with Gasteiger partial charge in [0.25, 0.3) is 0 Å². The van der Waals surface area contributed by atoms with Crippen LogP contribution in [0, 0.1) is 5.92 Å². The van der Waals surface area contributed by atoms with Gasteiger partial charge in [0, 0.05) is 25.9 Å². The van der Waals surface area contributed by atoms with Crippen LogP contribution in [0.4, 0.5) is 0 Å². The fourth-order valence-electron chi connectivity index (χ4n) is 2.25. The summed E-state index contributed by atoms with van der Waals surface area (Å²) in [5.41, 5.74) is 2.76. The van der Waals surface area contributed by atoms with Crippen LogP contribution in [0.25, 0.3) is 22.6 Å². The van der Waals surface area contributed by atoms with Crippen LogP contribution in [0.1, 0.15) is 19.7 Å². The van der Waals surface area contributed by atoms with Crippen LogP contribution < -0.4 is 0 Å². The minimum Gasteiger partial charge on any atom is -0.331 e. The fourth-order valence-corrected chi connectivity index (χ4v) is 2.25. The van der Waals surface area contributed by atoms with Gasteiger partial charge >= 0.3 is 0 Å². The molecular weight excluding hydrogens is 250 g/mol. The average Bonchev–Trinajstić information content (AvgIpc) is 2.75. The Hall–Kier alpha value is -2.30. The van der Waals surface area contributed by atoms with Gasteiger partial charge in [-0.25, -0.2) is 15.0 Å². The van der Waals surface area contributed by atoms with Crippen molar-refractivity contribution in [2.24, 2.45) is 13.0 Å². The van der Waals surface area contributed by atoms with Crippen LogP contribution in [0.2, 0.25) is 0 Å². The third-order valence-electron chi connectivity index (χ3n) is 3.25. The number of aryl methyl sites for hydroxylation is 1. The highest BCUT2D eigenvalue weighted by Crippen LogP contribution is 2.20. The van der Waals surface area contributed by atoms with E-state index in [-0.39, 0.29) is 0 Å². The number of nitrogens with zero attached hydrogens (tertiary/aromatic N) is 5.